The number of halogens is 1. The number of carbonyl (C=O) groups is 1. The first-order valence-corrected chi connectivity index (χ1v) is 9.50. The normalized spacial score (nSPS) is 10.7. The van der Waals surface area contributed by atoms with E-state index in [4.69, 9.17) is 4.74 Å². The van der Waals surface area contributed by atoms with E-state index in [2.05, 4.69) is 26.5 Å². The number of hydrogen-bond donors (Lipinski definition) is 2. The SMILES string of the molecule is O=C(N/N=C\c1cc([N+](=O)[O-])ccc1O)c1ccc(OCc2ccc(Br)cc2)cc1. The highest BCUT2D eigenvalue weighted by atomic mass is 79.9. The monoisotopic (exact) mass is 469 g/mol. The Morgan fingerprint density at radius 1 is 1.13 bits per heavy atom. The van der Waals surface area contributed by atoms with Gasteiger partial charge in [0.25, 0.3) is 11.6 Å². The van der Waals surface area contributed by atoms with Gasteiger partial charge in [0.2, 0.25) is 0 Å². The quantitative estimate of drug-likeness (QED) is 0.302. The summed E-state index contributed by atoms with van der Waals surface area (Å²) in [6.07, 6.45) is 1.13. The first-order chi connectivity index (χ1) is 14.4. The molecular weight excluding hydrogens is 454 g/mol. The molecule has 1 amide bonds. The lowest BCUT2D eigenvalue weighted by atomic mass is 10.2. The van der Waals surface area contributed by atoms with Crippen LogP contribution in [0.4, 0.5) is 5.69 Å². The van der Waals surface area contributed by atoms with Crippen LogP contribution in [0.15, 0.2) is 76.3 Å². The Morgan fingerprint density at radius 3 is 2.50 bits per heavy atom. The standard InChI is InChI=1S/C21H16BrN3O5/c22-17-5-1-14(2-6-17)13-30-19-8-3-15(4-9-19)21(27)24-23-12-16-11-18(25(28)29)7-10-20(16)26/h1-12,26H,13H2,(H,24,27)/b23-12-. The number of nitro benzene ring substituents is 1. The molecule has 2 N–H and O–H groups in total. The molecule has 0 unspecified atom stereocenters. The molecule has 30 heavy (non-hydrogen) atoms. The summed E-state index contributed by atoms with van der Waals surface area (Å²) in [7, 11) is 0. The minimum atomic E-state index is -0.588. The average molecular weight is 470 g/mol. The van der Waals surface area contributed by atoms with E-state index in [1.54, 1.807) is 24.3 Å². The summed E-state index contributed by atoms with van der Waals surface area (Å²) in [5, 5.41) is 24.3. The Balaban J connectivity index is 1.57. The van der Waals surface area contributed by atoms with Crippen LogP contribution < -0.4 is 10.2 Å². The highest BCUT2D eigenvalue weighted by Crippen LogP contribution is 2.21. The Hall–Kier alpha value is -3.72. The Bertz CT molecular complexity index is 1080. The molecule has 0 aliphatic carbocycles. The summed E-state index contributed by atoms with van der Waals surface area (Å²) in [5.41, 5.74) is 3.59. The number of nitrogens with one attached hydrogen (secondary N) is 1. The maximum atomic E-state index is 12.2. The van der Waals surface area contributed by atoms with Gasteiger partial charge in [-0.05, 0) is 48.0 Å². The smallest absolute Gasteiger partial charge is 0.271 e. The van der Waals surface area contributed by atoms with Crippen molar-refractivity contribution in [3.63, 3.8) is 0 Å². The van der Waals surface area contributed by atoms with Gasteiger partial charge in [0.15, 0.2) is 0 Å². The third kappa shape index (κ3) is 5.65. The highest BCUT2D eigenvalue weighted by Gasteiger charge is 2.09. The van der Waals surface area contributed by atoms with Gasteiger partial charge in [-0.25, -0.2) is 5.43 Å². The number of phenolic OH excluding ortho intramolecular Hbond substituents is 1. The van der Waals surface area contributed by atoms with Crippen molar-refractivity contribution in [1.29, 1.82) is 0 Å². The fraction of sp³-hybridized carbons (Fsp3) is 0.0476. The van der Waals surface area contributed by atoms with E-state index in [0.29, 0.717) is 17.9 Å². The van der Waals surface area contributed by atoms with Gasteiger partial charge in [-0.2, -0.15) is 5.10 Å². The van der Waals surface area contributed by atoms with Crippen LogP contribution in [-0.4, -0.2) is 22.2 Å². The first kappa shape index (κ1) is 21.0. The van der Waals surface area contributed by atoms with Crippen LogP contribution in [0.5, 0.6) is 11.5 Å². The fourth-order valence-corrected chi connectivity index (χ4v) is 2.70. The summed E-state index contributed by atoms with van der Waals surface area (Å²) in [6, 6.07) is 17.8. The predicted molar refractivity (Wildman–Crippen MR) is 115 cm³/mol. The molecule has 3 aromatic carbocycles. The number of nitrogens with zero attached hydrogens (tertiary/aromatic N) is 2. The fourth-order valence-electron chi connectivity index (χ4n) is 2.43. The third-order valence-electron chi connectivity index (χ3n) is 4.03. The zero-order valence-corrected chi connectivity index (χ0v) is 17.1. The zero-order valence-electron chi connectivity index (χ0n) is 15.5. The number of hydrazone groups is 1. The van der Waals surface area contributed by atoms with Crippen LogP contribution in [-0.2, 0) is 6.61 Å². The molecule has 0 fully saturated rings. The van der Waals surface area contributed by atoms with Crippen LogP contribution in [0.25, 0.3) is 0 Å². The van der Waals surface area contributed by atoms with Gasteiger partial charge in [0, 0.05) is 27.7 Å². The predicted octanol–water partition coefficient (Wildman–Crippen LogP) is 4.41. The molecule has 0 aromatic heterocycles. The number of nitro groups is 1. The molecule has 0 aliphatic heterocycles. The molecule has 0 aliphatic rings. The van der Waals surface area contributed by atoms with E-state index in [0.717, 1.165) is 22.3 Å². The number of carbonyl (C=O) groups excluding carboxylic acids is 1. The van der Waals surface area contributed by atoms with Gasteiger partial charge < -0.3 is 9.84 Å². The van der Waals surface area contributed by atoms with Gasteiger partial charge in [0.1, 0.15) is 18.1 Å². The van der Waals surface area contributed by atoms with Crippen LogP contribution in [0.2, 0.25) is 0 Å². The molecule has 152 valence electrons. The molecule has 0 spiro atoms. The lowest BCUT2D eigenvalue weighted by molar-refractivity contribution is -0.384. The lowest BCUT2D eigenvalue weighted by Gasteiger charge is -2.07. The second kappa shape index (κ2) is 9.66. The molecule has 3 aromatic rings. The van der Waals surface area contributed by atoms with Crippen molar-refractivity contribution in [2.45, 2.75) is 6.61 Å². The van der Waals surface area contributed by atoms with Gasteiger partial charge in [0.05, 0.1) is 11.1 Å². The maximum absolute atomic E-state index is 12.2. The number of phenols is 1. The van der Waals surface area contributed by atoms with Crippen LogP contribution >= 0.6 is 15.9 Å². The second-order valence-corrected chi connectivity index (χ2v) is 7.05. The molecule has 0 saturated carbocycles. The molecule has 0 atom stereocenters. The molecule has 3 rings (SSSR count). The van der Waals surface area contributed by atoms with Crippen molar-refractivity contribution >= 4 is 33.7 Å². The zero-order chi connectivity index (χ0) is 21.5. The summed E-state index contributed by atoms with van der Waals surface area (Å²) < 4.78 is 6.68. The van der Waals surface area contributed by atoms with Gasteiger partial charge in [-0.3, -0.25) is 14.9 Å². The van der Waals surface area contributed by atoms with Crippen molar-refractivity contribution < 1.29 is 19.6 Å². The lowest BCUT2D eigenvalue weighted by Crippen LogP contribution is -2.17. The topological polar surface area (TPSA) is 114 Å². The number of rotatable bonds is 7. The maximum Gasteiger partial charge on any atom is 0.271 e. The molecule has 0 heterocycles. The Morgan fingerprint density at radius 2 is 1.83 bits per heavy atom. The van der Waals surface area contributed by atoms with Gasteiger partial charge in [-0.15, -0.1) is 0 Å². The van der Waals surface area contributed by atoms with Crippen molar-refractivity contribution in [2.24, 2.45) is 5.10 Å². The van der Waals surface area contributed by atoms with Crippen molar-refractivity contribution in [3.05, 3.63) is 98.0 Å². The summed E-state index contributed by atoms with van der Waals surface area (Å²) in [4.78, 5) is 22.4. The number of hydrogen-bond acceptors (Lipinski definition) is 6. The van der Waals surface area contributed by atoms with E-state index in [1.165, 1.54) is 12.1 Å². The number of amides is 1. The van der Waals surface area contributed by atoms with Crippen molar-refractivity contribution in [1.82, 2.24) is 5.43 Å². The molecule has 8 nitrogen and oxygen atoms in total. The number of ether oxygens (including phenoxy) is 1. The second-order valence-electron chi connectivity index (χ2n) is 6.14. The van der Waals surface area contributed by atoms with E-state index in [-0.39, 0.29) is 17.0 Å². The van der Waals surface area contributed by atoms with Gasteiger partial charge >= 0.3 is 0 Å². The van der Waals surface area contributed by atoms with E-state index in [1.807, 2.05) is 24.3 Å². The van der Waals surface area contributed by atoms with E-state index in [9.17, 15) is 20.0 Å². The first-order valence-electron chi connectivity index (χ1n) is 8.70. The highest BCUT2D eigenvalue weighted by molar-refractivity contribution is 9.10. The van der Waals surface area contributed by atoms with Crippen molar-refractivity contribution in [2.75, 3.05) is 0 Å². The minimum Gasteiger partial charge on any atom is -0.507 e. The Labute approximate surface area is 180 Å². The number of non-ortho nitro benzene ring substituents is 1. The molecule has 0 saturated heterocycles. The molecule has 0 bridgehead atoms. The minimum absolute atomic E-state index is 0.112. The van der Waals surface area contributed by atoms with E-state index >= 15 is 0 Å². The molecule has 0 radical (unpaired) electrons. The van der Waals surface area contributed by atoms with Crippen molar-refractivity contribution in [3.8, 4) is 11.5 Å². The summed E-state index contributed by atoms with van der Waals surface area (Å²) >= 11 is 3.38. The van der Waals surface area contributed by atoms with E-state index < -0.39 is 10.8 Å². The number of aromatic hydroxyl groups is 1. The third-order valence-corrected chi connectivity index (χ3v) is 4.56. The van der Waals surface area contributed by atoms with Crippen LogP contribution in [0.1, 0.15) is 21.5 Å². The van der Waals surface area contributed by atoms with Crippen LogP contribution in [0, 0.1) is 10.1 Å². The Kier molecular flexibility index (Phi) is 6.76. The summed E-state index contributed by atoms with van der Waals surface area (Å²) in [6.45, 7) is 0.399. The summed E-state index contributed by atoms with van der Waals surface area (Å²) in [5.74, 6) is -0.0546. The van der Waals surface area contributed by atoms with Crippen LogP contribution in [0.3, 0.4) is 0 Å². The average Bonchev–Trinajstić information content (AvgIpc) is 2.74. The number of benzene rings is 3. The largest absolute Gasteiger partial charge is 0.507 e. The molecular formula is C21H16BrN3O5. The molecule has 9 heteroatoms. The van der Waals surface area contributed by atoms with Gasteiger partial charge in [-0.1, -0.05) is 28.1 Å².